The van der Waals surface area contributed by atoms with Gasteiger partial charge in [-0.25, -0.2) is 13.1 Å². The summed E-state index contributed by atoms with van der Waals surface area (Å²) in [4.78, 5) is 2.27. The van der Waals surface area contributed by atoms with Crippen LogP contribution in [-0.2, 0) is 16.6 Å². The molecule has 1 aromatic carbocycles. The van der Waals surface area contributed by atoms with Gasteiger partial charge >= 0.3 is 0 Å². The summed E-state index contributed by atoms with van der Waals surface area (Å²) in [7, 11) is 0.329. The first-order chi connectivity index (χ1) is 9.77. The van der Waals surface area contributed by atoms with Gasteiger partial charge in [-0.3, -0.25) is 0 Å². The van der Waals surface area contributed by atoms with Crippen molar-refractivity contribution < 1.29 is 8.42 Å². The standard InChI is InChI=1S/C14H24BrN3O2S/c1-5-16-10-12-8-13(15)11(2)14(9-12)21(19,20)17-6-7-18(3)4/h8-9,16-17H,5-7,10H2,1-4H3. The van der Waals surface area contributed by atoms with Gasteiger partial charge in [0.05, 0.1) is 4.90 Å². The Morgan fingerprint density at radius 3 is 2.52 bits per heavy atom. The molecule has 0 bridgehead atoms. The summed E-state index contributed by atoms with van der Waals surface area (Å²) in [6.07, 6.45) is 0. The summed E-state index contributed by atoms with van der Waals surface area (Å²) in [5.74, 6) is 0. The SMILES string of the molecule is CCNCc1cc(Br)c(C)c(S(=O)(=O)NCCN(C)C)c1. The van der Waals surface area contributed by atoms with Gasteiger partial charge in [0, 0.05) is 24.1 Å². The van der Waals surface area contributed by atoms with Gasteiger partial charge in [-0.2, -0.15) is 0 Å². The zero-order valence-corrected chi connectivity index (χ0v) is 15.4. The first-order valence-electron chi connectivity index (χ1n) is 6.92. The van der Waals surface area contributed by atoms with E-state index in [1.54, 1.807) is 6.07 Å². The van der Waals surface area contributed by atoms with Crippen molar-refractivity contribution in [1.29, 1.82) is 0 Å². The maximum Gasteiger partial charge on any atom is 0.240 e. The van der Waals surface area contributed by atoms with E-state index in [2.05, 4.69) is 26.0 Å². The van der Waals surface area contributed by atoms with Crippen LogP contribution >= 0.6 is 15.9 Å². The number of nitrogens with zero attached hydrogens (tertiary/aromatic N) is 1. The van der Waals surface area contributed by atoms with Crippen molar-refractivity contribution in [3.8, 4) is 0 Å². The van der Waals surface area contributed by atoms with Crippen molar-refractivity contribution in [2.45, 2.75) is 25.3 Å². The quantitative estimate of drug-likeness (QED) is 0.723. The molecule has 5 nitrogen and oxygen atoms in total. The third-order valence-corrected chi connectivity index (χ3v) is 5.49. The van der Waals surface area contributed by atoms with Crippen LogP contribution in [-0.4, -0.2) is 47.0 Å². The fourth-order valence-electron chi connectivity index (χ4n) is 1.84. The van der Waals surface area contributed by atoms with Crippen LogP contribution in [0.4, 0.5) is 0 Å². The summed E-state index contributed by atoms with van der Waals surface area (Å²) >= 11 is 3.44. The van der Waals surface area contributed by atoms with Gasteiger partial charge in [-0.1, -0.05) is 22.9 Å². The molecule has 0 heterocycles. The topological polar surface area (TPSA) is 61.4 Å². The Labute approximate surface area is 136 Å². The van der Waals surface area contributed by atoms with Gasteiger partial charge in [0.15, 0.2) is 0 Å². The van der Waals surface area contributed by atoms with E-state index < -0.39 is 10.0 Å². The molecule has 0 saturated heterocycles. The van der Waals surface area contributed by atoms with E-state index in [1.165, 1.54) is 0 Å². The van der Waals surface area contributed by atoms with Crippen molar-refractivity contribution in [2.24, 2.45) is 0 Å². The Morgan fingerprint density at radius 1 is 1.29 bits per heavy atom. The van der Waals surface area contributed by atoms with Crippen LogP contribution in [0.2, 0.25) is 0 Å². The number of rotatable bonds is 8. The average molecular weight is 378 g/mol. The van der Waals surface area contributed by atoms with Crippen LogP contribution in [0.5, 0.6) is 0 Å². The number of likely N-dealkylation sites (N-methyl/N-ethyl adjacent to an activating group) is 1. The molecule has 0 aliphatic carbocycles. The Hall–Kier alpha value is -0.470. The molecule has 21 heavy (non-hydrogen) atoms. The number of sulfonamides is 1. The minimum atomic E-state index is -3.49. The maximum atomic E-state index is 12.4. The molecule has 1 rings (SSSR count). The van der Waals surface area contributed by atoms with Gasteiger partial charge in [0.1, 0.15) is 0 Å². The first kappa shape index (κ1) is 18.6. The lowest BCUT2D eigenvalue weighted by molar-refractivity contribution is 0.412. The monoisotopic (exact) mass is 377 g/mol. The minimum absolute atomic E-state index is 0.337. The van der Waals surface area contributed by atoms with E-state index in [0.717, 1.165) is 22.1 Å². The molecule has 1 aromatic rings. The van der Waals surface area contributed by atoms with Crippen LogP contribution in [0.3, 0.4) is 0 Å². The van der Waals surface area contributed by atoms with Crippen molar-refractivity contribution >= 4 is 26.0 Å². The van der Waals surface area contributed by atoms with Crippen molar-refractivity contribution in [2.75, 3.05) is 33.7 Å². The first-order valence-corrected chi connectivity index (χ1v) is 9.19. The summed E-state index contributed by atoms with van der Waals surface area (Å²) in [6, 6.07) is 3.69. The number of halogens is 1. The highest BCUT2D eigenvalue weighted by molar-refractivity contribution is 9.10. The number of nitrogens with one attached hydrogen (secondary N) is 2. The predicted octanol–water partition coefficient (Wildman–Crippen LogP) is 1.71. The zero-order chi connectivity index (χ0) is 16.0. The highest BCUT2D eigenvalue weighted by Gasteiger charge is 2.19. The summed E-state index contributed by atoms with van der Waals surface area (Å²) in [6.45, 7) is 6.37. The Balaban J connectivity index is 3.01. The molecule has 0 fully saturated rings. The average Bonchev–Trinajstić information content (AvgIpc) is 2.39. The second-order valence-electron chi connectivity index (χ2n) is 5.18. The van der Waals surface area contributed by atoms with Crippen molar-refractivity contribution in [3.63, 3.8) is 0 Å². The van der Waals surface area contributed by atoms with Gasteiger partial charge in [-0.15, -0.1) is 0 Å². The molecule has 0 unspecified atom stereocenters. The molecule has 0 aliphatic rings. The van der Waals surface area contributed by atoms with Gasteiger partial charge < -0.3 is 10.2 Å². The van der Waals surface area contributed by atoms with Crippen molar-refractivity contribution in [3.05, 3.63) is 27.7 Å². The Kier molecular flexibility index (Phi) is 7.29. The molecule has 7 heteroatoms. The van der Waals surface area contributed by atoms with Crippen LogP contribution < -0.4 is 10.0 Å². The van der Waals surface area contributed by atoms with E-state index in [9.17, 15) is 8.42 Å². The van der Waals surface area contributed by atoms with E-state index in [0.29, 0.717) is 24.5 Å². The maximum absolute atomic E-state index is 12.4. The van der Waals surface area contributed by atoms with E-state index in [1.807, 2.05) is 38.9 Å². The van der Waals surface area contributed by atoms with Gasteiger partial charge in [-0.05, 0) is 50.8 Å². The van der Waals surface area contributed by atoms with Crippen molar-refractivity contribution in [1.82, 2.24) is 14.9 Å². The predicted molar refractivity (Wildman–Crippen MR) is 90.0 cm³/mol. The fourth-order valence-corrected chi connectivity index (χ4v) is 3.81. The molecular formula is C14H24BrN3O2S. The molecule has 0 amide bonds. The van der Waals surface area contributed by atoms with E-state index in [-0.39, 0.29) is 0 Å². The molecule has 120 valence electrons. The molecular weight excluding hydrogens is 354 g/mol. The van der Waals surface area contributed by atoms with Crippen LogP contribution in [0.25, 0.3) is 0 Å². The molecule has 0 saturated carbocycles. The smallest absolute Gasteiger partial charge is 0.240 e. The van der Waals surface area contributed by atoms with Gasteiger partial charge in [0.2, 0.25) is 10.0 Å². The lowest BCUT2D eigenvalue weighted by atomic mass is 10.1. The van der Waals surface area contributed by atoms with Crippen LogP contribution in [0, 0.1) is 6.92 Å². The Bertz CT molecular complexity index is 574. The van der Waals surface area contributed by atoms with E-state index in [4.69, 9.17) is 0 Å². The molecule has 0 aromatic heterocycles. The summed E-state index contributed by atoms with van der Waals surface area (Å²) in [5, 5.41) is 3.21. The minimum Gasteiger partial charge on any atom is -0.313 e. The fraction of sp³-hybridized carbons (Fsp3) is 0.571. The summed E-state index contributed by atoms with van der Waals surface area (Å²) in [5.41, 5.74) is 1.68. The highest BCUT2D eigenvalue weighted by atomic mass is 79.9. The molecule has 0 aliphatic heterocycles. The zero-order valence-electron chi connectivity index (χ0n) is 13.0. The largest absolute Gasteiger partial charge is 0.313 e. The highest BCUT2D eigenvalue weighted by Crippen LogP contribution is 2.25. The molecule has 0 radical (unpaired) electrons. The normalized spacial score (nSPS) is 12.1. The second-order valence-corrected chi connectivity index (χ2v) is 7.77. The molecule has 2 N–H and O–H groups in total. The number of hydrogen-bond acceptors (Lipinski definition) is 4. The third-order valence-electron chi connectivity index (χ3n) is 3.08. The van der Waals surface area contributed by atoms with Crippen LogP contribution in [0.1, 0.15) is 18.1 Å². The number of hydrogen-bond donors (Lipinski definition) is 2. The van der Waals surface area contributed by atoms with Crippen LogP contribution in [0.15, 0.2) is 21.5 Å². The lowest BCUT2D eigenvalue weighted by Crippen LogP contribution is -2.32. The van der Waals surface area contributed by atoms with Gasteiger partial charge in [0.25, 0.3) is 0 Å². The third kappa shape index (κ3) is 5.67. The summed E-state index contributed by atoms with van der Waals surface area (Å²) < 4.78 is 28.3. The number of benzene rings is 1. The molecule has 0 atom stereocenters. The van der Waals surface area contributed by atoms with E-state index >= 15 is 0 Å². The second kappa shape index (κ2) is 8.24. The Morgan fingerprint density at radius 2 is 1.95 bits per heavy atom. The lowest BCUT2D eigenvalue weighted by Gasteiger charge is -2.14. The molecule has 0 spiro atoms.